The minimum Gasteiger partial charge on any atom is -0.359 e. The SMILES string of the molecule is CCOCn1nnc(-c2ccc(F)cc2)c1-c1ccnc(NCc2ccc(F)cc2)n1. The highest BCUT2D eigenvalue weighted by Gasteiger charge is 2.19. The van der Waals surface area contributed by atoms with Crippen molar-refractivity contribution in [1.82, 2.24) is 25.0 Å². The number of ether oxygens (including phenoxy) is 1. The van der Waals surface area contributed by atoms with Gasteiger partial charge in [-0.3, -0.25) is 0 Å². The zero-order chi connectivity index (χ0) is 21.6. The molecule has 0 amide bonds. The largest absolute Gasteiger partial charge is 0.359 e. The molecule has 4 aromatic rings. The maximum Gasteiger partial charge on any atom is 0.223 e. The maximum atomic E-state index is 13.4. The molecule has 2 aromatic carbocycles. The Hall–Kier alpha value is -3.72. The fraction of sp³-hybridized carbons (Fsp3) is 0.182. The van der Waals surface area contributed by atoms with Gasteiger partial charge in [0.25, 0.3) is 0 Å². The second-order valence-electron chi connectivity index (χ2n) is 6.66. The van der Waals surface area contributed by atoms with E-state index in [0.717, 1.165) is 5.56 Å². The van der Waals surface area contributed by atoms with Crippen LogP contribution in [-0.4, -0.2) is 31.6 Å². The molecule has 31 heavy (non-hydrogen) atoms. The van der Waals surface area contributed by atoms with E-state index in [-0.39, 0.29) is 18.4 Å². The van der Waals surface area contributed by atoms with Crippen molar-refractivity contribution in [2.24, 2.45) is 0 Å². The average molecular weight is 422 g/mol. The molecule has 0 saturated heterocycles. The highest BCUT2D eigenvalue weighted by Crippen LogP contribution is 2.29. The number of aromatic nitrogens is 5. The Kier molecular flexibility index (Phi) is 6.23. The lowest BCUT2D eigenvalue weighted by molar-refractivity contribution is 0.0790. The molecule has 0 saturated carbocycles. The van der Waals surface area contributed by atoms with Gasteiger partial charge in [0.15, 0.2) is 0 Å². The summed E-state index contributed by atoms with van der Waals surface area (Å²) in [6.45, 7) is 3.03. The van der Waals surface area contributed by atoms with Gasteiger partial charge >= 0.3 is 0 Å². The first-order chi connectivity index (χ1) is 15.1. The van der Waals surface area contributed by atoms with Crippen LogP contribution in [0, 0.1) is 11.6 Å². The van der Waals surface area contributed by atoms with Crippen molar-refractivity contribution in [2.45, 2.75) is 20.2 Å². The predicted molar refractivity (Wildman–Crippen MR) is 112 cm³/mol. The maximum absolute atomic E-state index is 13.4. The van der Waals surface area contributed by atoms with Gasteiger partial charge in [-0.15, -0.1) is 5.10 Å². The van der Waals surface area contributed by atoms with Gasteiger partial charge in [-0.2, -0.15) is 0 Å². The van der Waals surface area contributed by atoms with E-state index in [1.165, 1.54) is 24.3 Å². The second kappa shape index (κ2) is 9.40. The van der Waals surface area contributed by atoms with E-state index < -0.39 is 0 Å². The Morgan fingerprint density at radius 3 is 2.39 bits per heavy atom. The molecule has 1 N–H and O–H groups in total. The number of hydrogen-bond acceptors (Lipinski definition) is 6. The van der Waals surface area contributed by atoms with Crippen molar-refractivity contribution >= 4 is 5.95 Å². The molecule has 2 aromatic heterocycles. The summed E-state index contributed by atoms with van der Waals surface area (Å²) in [5.74, 6) is -0.220. The Bertz CT molecular complexity index is 1150. The zero-order valence-electron chi connectivity index (χ0n) is 16.8. The minimum atomic E-state index is -0.332. The van der Waals surface area contributed by atoms with Gasteiger partial charge in [-0.05, 0) is 55.0 Å². The van der Waals surface area contributed by atoms with Crippen molar-refractivity contribution in [3.63, 3.8) is 0 Å². The summed E-state index contributed by atoms with van der Waals surface area (Å²) in [5, 5.41) is 11.6. The van der Waals surface area contributed by atoms with Crippen LogP contribution >= 0.6 is 0 Å². The van der Waals surface area contributed by atoms with E-state index in [4.69, 9.17) is 4.74 Å². The molecule has 0 radical (unpaired) electrons. The van der Waals surface area contributed by atoms with Crippen LogP contribution in [0.25, 0.3) is 22.6 Å². The summed E-state index contributed by atoms with van der Waals surface area (Å²) < 4.78 is 33.6. The monoisotopic (exact) mass is 422 g/mol. The summed E-state index contributed by atoms with van der Waals surface area (Å²) in [7, 11) is 0. The third-order valence-electron chi connectivity index (χ3n) is 4.53. The van der Waals surface area contributed by atoms with Crippen LogP contribution < -0.4 is 5.32 Å². The van der Waals surface area contributed by atoms with Crippen molar-refractivity contribution < 1.29 is 13.5 Å². The van der Waals surface area contributed by atoms with Gasteiger partial charge < -0.3 is 10.1 Å². The summed E-state index contributed by atoms with van der Waals surface area (Å²) in [4.78, 5) is 8.85. The van der Waals surface area contributed by atoms with Gasteiger partial charge in [0.2, 0.25) is 5.95 Å². The van der Waals surface area contributed by atoms with E-state index in [2.05, 4.69) is 25.6 Å². The molecule has 158 valence electrons. The number of nitrogens with zero attached hydrogens (tertiary/aromatic N) is 5. The van der Waals surface area contributed by atoms with Gasteiger partial charge in [0.05, 0.1) is 5.69 Å². The first-order valence-corrected chi connectivity index (χ1v) is 9.73. The minimum absolute atomic E-state index is 0.197. The standard InChI is InChI=1S/C22H20F2N6O/c1-2-31-14-30-21(20(28-29-30)16-5-9-18(24)10-6-16)19-11-12-25-22(27-19)26-13-15-3-7-17(23)8-4-15/h3-12H,2,13-14H2,1H3,(H,25,26,27). The Balaban J connectivity index is 1.65. The van der Waals surface area contributed by atoms with E-state index in [9.17, 15) is 8.78 Å². The first kappa shape index (κ1) is 20.5. The molecule has 9 heteroatoms. The van der Waals surface area contributed by atoms with Crippen LogP contribution in [0.2, 0.25) is 0 Å². The summed E-state index contributed by atoms with van der Waals surface area (Å²) in [5.41, 5.74) is 3.37. The van der Waals surface area contributed by atoms with Gasteiger partial charge in [0, 0.05) is 24.9 Å². The van der Waals surface area contributed by atoms with E-state index >= 15 is 0 Å². The Morgan fingerprint density at radius 2 is 1.68 bits per heavy atom. The molecule has 0 aliphatic carbocycles. The van der Waals surface area contributed by atoms with Crippen molar-refractivity contribution in [2.75, 3.05) is 11.9 Å². The zero-order valence-corrected chi connectivity index (χ0v) is 16.8. The predicted octanol–water partition coefficient (Wildman–Crippen LogP) is 4.29. The molecule has 0 bridgehead atoms. The number of halogens is 2. The van der Waals surface area contributed by atoms with Gasteiger partial charge in [0.1, 0.15) is 29.8 Å². The smallest absolute Gasteiger partial charge is 0.223 e. The normalized spacial score (nSPS) is 10.9. The average Bonchev–Trinajstić information content (AvgIpc) is 3.22. The number of benzene rings is 2. The van der Waals surface area contributed by atoms with Crippen molar-refractivity contribution in [3.05, 3.63) is 78.0 Å². The van der Waals surface area contributed by atoms with Crippen LogP contribution in [0.15, 0.2) is 60.8 Å². The topological polar surface area (TPSA) is 77.8 Å². The third-order valence-corrected chi connectivity index (χ3v) is 4.53. The molecule has 0 fully saturated rings. The number of hydrogen-bond donors (Lipinski definition) is 1. The first-order valence-electron chi connectivity index (χ1n) is 9.73. The summed E-state index contributed by atoms with van der Waals surface area (Å²) in [6.07, 6.45) is 1.63. The molecule has 0 aliphatic rings. The molecule has 4 rings (SSSR count). The van der Waals surface area contributed by atoms with Crippen molar-refractivity contribution in [1.29, 1.82) is 0 Å². The highest BCUT2D eigenvalue weighted by molar-refractivity contribution is 5.76. The van der Waals surface area contributed by atoms with Gasteiger partial charge in [-0.25, -0.2) is 23.4 Å². The van der Waals surface area contributed by atoms with Crippen LogP contribution in [0.3, 0.4) is 0 Å². The highest BCUT2D eigenvalue weighted by atomic mass is 19.1. The Morgan fingerprint density at radius 1 is 0.968 bits per heavy atom. The fourth-order valence-electron chi connectivity index (χ4n) is 3.00. The van der Waals surface area contributed by atoms with Crippen LogP contribution in [-0.2, 0) is 18.0 Å². The molecule has 0 spiro atoms. The molecule has 7 nitrogen and oxygen atoms in total. The third kappa shape index (κ3) is 4.89. The van der Waals surface area contributed by atoms with Crippen LogP contribution in [0.5, 0.6) is 0 Å². The number of anilines is 1. The summed E-state index contributed by atoms with van der Waals surface area (Å²) in [6, 6.07) is 14.0. The molecule has 0 atom stereocenters. The van der Waals surface area contributed by atoms with Crippen LogP contribution in [0.1, 0.15) is 12.5 Å². The lowest BCUT2D eigenvalue weighted by atomic mass is 10.1. The lowest BCUT2D eigenvalue weighted by Gasteiger charge is -2.10. The van der Waals surface area contributed by atoms with Gasteiger partial charge in [-0.1, -0.05) is 17.3 Å². The fourth-order valence-corrected chi connectivity index (χ4v) is 3.00. The van der Waals surface area contributed by atoms with Crippen LogP contribution in [0.4, 0.5) is 14.7 Å². The van der Waals surface area contributed by atoms with E-state index in [1.54, 1.807) is 41.2 Å². The molecular formula is C22H20F2N6O. The quantitative estimate of drug-likeness (QED) is 0.457. The van der Waals surface area contributed by atoms with Crippen molar-refractivity contribution in [3.8, 4) is 22.6 Å². The second-order valence-corrected chi connectivity index (χ2v) is 6.66. The molecule has 0 aliphatic heterocycles. The summed E-state index contributed by atoms with van der Waals surface area (Å²) >= 11 is 0. The lowest BCUT2D eigenvalue weighted by Crippen LogP contribution is -2.08. The molecule has 2 heterocycles. The van der Waals surface area contributed by atoms with E-state index in [0.29, 0.717) is 41.7 Å². The molecular weight excluding hydrogens is 402 g/mol. The Labute approximate surface area is 177 Å². The molecule has 0 unspecified atom stereocenters. The number of rotatable bonds is 8. The van der Waals surface area contributed by atoms with E-state index in [1.807, 2.05) is 6.92 Å². The number of nitrogens with one attached hydrogen (secondary N) is 1.